The Hall–Kier alpha value is -3.55. The standard InChI is InChI=1S/C21H19FN4O3/c22-15-3-1-10-23-19(15)21(8-2-9-21)12-24-18-7-5-16(25-26-18)14-11-13(20(28)29)4-6-17(14)27/h1,3-7,10-11,27H,2,8-9,12H2,(H,24,26)(H,28,29). The number of carboxylic acids is 1. The maximum absolute atomic E-state index is 14.2. The van der Waals surface area contributed by atoms with Crippen molar-refractivity contribution in [2.75, 3.05) is 11.9 Å². The van der Waals surface area contributed by atoms with Gasteiger partial charge < -0.3 is 15.5 Å². The van der Waals surface area contributed by atoms with E-state index >= 15 is 0 Å². The molecule has 2 aromatic heterocycles. The van der Waals surface area contributed by atoms with E-state index < -0.39 is 5.97 Å². The van der Waals surface area contributed by atoms with Crippen LogP contribution in [0.25, 0.3) is 11.3 Å². The summed E-state index contributed by atoms with van der Waals surface area (Å²) in [5.74, 6) is -0.969. The monoisotopic (exact) mass is 394 g/mol. The summed E-state index contributed by atoms with van der Waals surface area (Å²) in [5, 5.41) is 30.5. The molecular formula is C21H19FN4O3. The van der Waals surface area contributed by atoms with E-state index in [-0.39, 0.29) is 28.1 Å². The number of pyridine rings is 1. The first-order valence-corrected chi connectivity index (χ1v) is 9.24. The van der Waals surface area contributed by atoms with Crippen LogP contribution >= 0.6 is 0 Å². The van der Waals surface area contributed by atoms with Crippen LogP contribution in [0.4, 0.5) is 10.2 Å². The lowest BCUT2D eigenvalue weighted by Gasteiger charge is -2.41. The number of hydrogen-bond acceptors (Lipinski definition) is 6. The minimum absolute atomic E-state index is 0.0473. The number of benzene rings is 1. The van der Waals surface area contributed by atoms with Gasteiger partial charge >= 0.3 is 5.97 Å². The fourth-order valence-corrected chi connectivity index (χ4v) is 3.58. The smallest absolute Gasteiger partial charge is 0.335 e. The summed E-state index contributed by atoms with van der Waals surface area (Å²) >= 11 is 0. The number of halogens is 1. The van der Waals surface area contributed by atoms with Gasteiger partial charge in [0.05, 0.1) is 17.0 Å². The van der Waals surface area contributed by atoms with Gasteiger partial charge in [0.2, 0.25) is 0 Å². The fourth-order valence-electron chi connectivity index (χ4n) is 3.58. The van der Waals surface area contributed by atoms with E-state index in [0.29, 0.717) is 23.8 Å². The first kappa shape index (κ1) is 18.8. The first-order chi connectivity index (χ1) is 14.0. The number of aromatic hydroxyl groups is 1. The number of aromatic carboxylic acids is 1. The minimum Gasteiger partial charge on any atom is -0.507 e. The summed E-state index contributed by atoms with van der Waals surface area (Å²) in [5.41, 5.74) is 0.796. The van der Waals surface area contributed by atoms with Crippen LogP contribution in [0.3, 0.4) is 0 Å². The average molecular weight is 394 g/mol. The maximum atomic E-state index is 14.2. The van der Waals surface area contributed by atoms with Crippen LogP contribution in [-0.2, 0) is 5.41 Å². The Bertz CT molecular complexity index is 1050. The zero-order valence-electron chi connectivity index (χ0n) is 15.5. The molecule has 1 aromatic carbocycles. The van der Waals surface area contributed by atoms with Gasteiger partial charge in [0, 0.05) is 23.7 Å². The third-order valence-corrected chi connectivity index (χ3v) is 5.36. The topological polar surface area (TPSA) is 108 Å². The molecule has 1 aliphatic carbocycles. The van der Waals surface area contributed by atoms with Crippen molar-refractivity contribution in [3.05, 3.63) is 65.7 Å². The highest BCUT2D eigenvalue weighted by Crippen LogP contribution is 2.43. The highest BCUT2D eigenvalue weighted by molar-refractivity contribution is 5.90. The normalized spacial score (nSPS) is 14.8. The number of anilines is 1. The predicted octanol–water partition coefficient (Wildman–Crippen LogP) is 3.62. The van der Waals surface area contributed by atoms with E-state index in [9.17, 15) is 14.3 Å². The second-order valence-electron chi connectivity index (χ2n) is 7.16. The van der Waals surface area contributed by atoms with Crippen molar-refractivity contribution in [3.8, 4) is 17.0 Å². The van der Waals surface area contributed by atoms with Crippen molar-refractivity contribution < 1.29 is 19.4 Å². The molecule has 2 heterocycles. The van der Waals surface area contributed by atoms with Crippen LogP contribution in [0.1, 0.15) is 35.3 Å². The van der Waals surface area contributed by atoms with Gasteiger partial charge in [0.25, 0.3) is 0 Å². The Kier molecular flexibility index (Phi) is 4.84. The molecule has 4 rings (SSSR count). The Labute approximate surface area is 166 Å². The molecule has 0 spiro atoms. The van der Waals surface area contributed by atoms with Gasteiger partial charge in [0.1, 0.15) is 17.4 Å². The van der Waals surface area contributed by atoms with Crippen molar-refractivity contribution in [2.24, 2.45) is 0 Å². The van der Waals surface area contributed by atoms with Crippen LogP contribution in [0.5, 0.6) is 5.75 Å². The molecule has 0 atom stereocenters. The summed E-state index contributed by atoms with van der Waals surface area (Å²) in [7, 11) is 0. The zero-order valence-corrected chi connectivity index (χ0v) is 15.5. The fraction of sp³-hybridized carbons (Fsp3) is 0.238. The summed E-state index contributed by atoms with van der Waals surface area (Å²) in [4.78, 5) is 15.4. The molecule has 0 radical (unpaired) electrons. The Morgan fingerprint density at radius 3 is 2.62 bits per heavy atom. The minimum atomic E-state index is -1.09. The Balaban J connectivity index is 1.51. The third kappa shape index (κ3) is 3.61. The highest BCUT2D eigenvalue weighted by atomic mass is 19.1. The summed E-state index contributed by atoms with van der Waals surface area (Å²) in [6.07, 6.45) is 4.30. The average Bonchev–Trinajstić information content (AvgIpc) is 2.69. The van der Waals surface area contributed by atoms with Gasteiger partial charge in [-0.25, -0.2) is 9.18 Å². The van der Waals surface area contributed by atoms with E-state index in [2.05, 4.69) is 20.5 Å². The number of nitrogens with one attached hydrogen (secondary N) is 1. The molecular weight excluding hydrogens is 375 g/mol. The number of phenols is 1. The summed E-state index contributed by atoms with van der Waals surface area (Å²) < 4.78 is 14.2. The number of carbonyl (C=O) groups is 1. The number of hydrogen-bond donors (Lipinski definition) is 3. The molecule has 3 aromatic rings. The van der Waals surface area contributed by atoms with Crippen molar-refractivity contribution in [1.29, 1.82) is 0 Å². The second kappa shape index (κ2) is 7.46. The van der Waals surface area contributed by atoms with Crippen molar-refractivity contribution in [3.63, 3.8) is 0 Å². The molecule has 29 heavy (non-hydrogen) atoms. The molecule has 0 bridgehead atoms. The van der Waals surface area contributed by atoms with Crippen molar-refractivity contribution >= 4 is 11.8 Å². The SMILES string of the molecule is O=C(O)c1ccc(O)c(-c2ccc(NCC3(c4ncccc4F)CCC3)nn2)c1. The highest BCUT2D eigenvalue weighted by Gasteiger charge is 2.41. The molecule has 0 aliphatic heterocycles. The van der Waals surface area contributed by atoms with Crippen molar-refractivity contribution in [1.82, 2.24) is 15.2 Å². The number of phenolic OH excluding ortho intramolecular Hbond substituents is 1. The number of rotatable bonds is 6. The molecule has 1 aliphatic rings. The molecule has 0 unspecified atom stereocenters. The largest absolute Gasteiger partial charge is 0.507 e. The van der Waals surface area contributed by atoms with Crippen LogP contribution in [0.2, 0.25) is 0 Å². The van der Waals surface area contributed by atoms with Crippen LogP contribution < -0.4 is 5.32 Å². The second-order valence-corrected chi connectivity index (χ2v) is 7.16. The van der Waals surface area contributed by atoms with Gasteiger partial charge in [-0.3, -0.25) is 4.98 Å². The lowest BCUT2D eigenvalue weighted by molar-refractivity contribution is 0.0697. The van der Waals surface area contributed by atoms with Gasteiger partial charge in [-0.2, -0.15) is 0 Å². The molecule has 0 amide bonds. The summed E-state index contributed by atoms with van der Waals surface area (Å²) in [6, 6.07) is 10.3. The van der Waals surface area contributed by atoms with Crippen LogP contribution in [0, 0.1) is 5.82 Å². The van der Waals surface area contributed by atoms with Crippen LogP contribution in [0.15, 0.2) is 48.7 Å². The van der Waals surface area contributed by atoms with E-state index in [1.165, 1.54) is 24.3 Å². The van der Waals surface area contributed by atoms with Gasteiger partial charge in [-0.1, -0.05) is 6.42 Å². The molecule has 1 saturated carbocycles. The molecule has 1 fully saturated rings. The number of aromatic nitrogens is 3. The lowest BCUT2D eigenvalue weighted by atomic mass is 9.66. The molecule has 148 valence electrons. The predicted molar refractivity (Wildman–Crippen MR) is 104 cm³/mol. The summed E-state index contributed by atoms with van der Waals surface area (Å²) in [6.45, 7) is 0.481. The van der Waals surface area contributed by atoms with Crippen LogP contribution in [-0.4, -0.2) is 37.9 Å². The van der Waals surface area contributed by atoms with Crippen molar-refractivity contribution in [2.45, 2.75) is 24.7 Å². The third-order valence-electron chi connectivity index (χ3n) is 5.36. The molecule has 8 heteroatoms. The lowest BCUT2D eigenvalue weighted by Crippen LogP contribution is -2.42. The maximum Gasteiger partial charge on any atom is 0.335 e. The van der Waals surface area contributed by atoms with E-state index in [0.717, 1.165) is 19.3 Å². The Morgan fingerprint density at radius 2 is 2.00 bits per heavy atom. The number of carboxylic acid groups (broad SMARTS) is 1. The zero-order chi connectivity index (χ0) is 20.4. The molecule has 0 saturated heterocycles. The quantitative estimate of drug-likeness (QED) is 0.586. The van der Waals surface area contributed by atoms with Gasteiger partial charge in [-0.15, -0.1) is 10.2 Å². The van der Waals surface area contributed by atoms with Gasteiger partial charge in [0.15, 0.2) is 0 Å². The molecule has 7 nitrogen and oxygen atoms in total. The number of nitrogens with zero attached hydrogens (tertiary/aromatic N) is 3. The Morgan fingerprint density at radius 1 is 1.17 bits per heavy atom. The molecule has 3 N–H and O–H groups in total. The van der Waals surface area contributed by atoms with E-state index in [1.54, 1.807) is 24.4 Å². The van der Waals surface area contributed by atoms with Gasteiger partial charge in [-0.05, 0) is 55.3 Å². The van der Waals surface area contributed by atoms with E-state index in [4.69, 9.17) is 5.11 Å². The first-order valence-electron chi connectivity index (χ1n) is 9.24. The van der Waals surface area contributed by atoms with E-state index in [1.807, 2.05) is 0 Å².